The van der Waals surface area contributed by atoms with E-state index in [-0.39, 0.29) is 12.1 Å². The van der Waals surface area contributed by atoms with Gasteiger partial charge >= 0.3 is 0 Å². The van der Waals surface area contributed by atoms with Crippen molar-refractivity contribution in [3.8, 4) is 17.3 Å². The number of rotatable bonds is 6. The Morgan fingerprint density at radius 2 is 2.23 bits per heavy atom. The summed E-state index contributed by atoms with van der Waals surface area (Å²) in [6, 6.07) is 15.4. The van der Waals surface area contributed by atoms with Crippen LogP contribution < -0.4 is 5.32 Å². The molecule has 0 spiro atoms. The molecule has 1 aromatic heterocycles. The van der Waals surface area contributed by atoms with Crippen molar-refractivity contribution >= 4 is 22.5 Å². The lowest BCUT2D eigenvalue weighted by Gasteiger charge is -2.23. The molecular weight excluding hydrogens is 380 g/mol. The van der Waals surface area contributed by atoms with Crippen LogP contribution in [0.1, 0.15) is 37.5 Å². The van der Waals surface area contributed by atoms with Crippen molar-refractivity contribution in [2.75, 3.05) is 25.6 Å². The van der Waals surface area contributed by atoms with Crippen molar-refractivity contribution in [3.05, 3.63) is 48.0 Å². The van der Waals surface area contributed by atoms with E-state index in [0.717, 1.165) is 48.0 Å². The highest BCUT2D eigenvalue weighted by Crippen LogP contribution is 2.34. The molecule has 1 saturated heterocycles. The molecule has 1 unspecified atom stereocenters. The molecule has 1 atom stereocenters. The van der Waals surface area contributed by atoms with E-state index in [4.69, 9.17) is 14.6 Å². The third-order valence-electron chi connectivity index (χ3n) is 5.22. The molecule has 3 aromatic rings. The van der Waals surface area contributed by atoms with Crippen molar-refractivity contribution in [2.45, 2.75) is 31.9 Å². The second kappa shape index (κ2) is 9.08. The highest BCUT2D eigenvalue weighted by Gasteiger charge is 2.22. The van der Waals surface area contributed by atoms with Gasteiger partial charge in [-0.3, -0.25) is 4.79 Å². The molecular formula is C23H24N4O3. The summed E-state index contributed by atoms with van der Waals surface area (Å²) < 4.78 is 12.8. The average molecular weight is 404 g/mol. The third kappa shape index (κ3) is 4.20. The lowest BCUT2D eigenvalue weighted by Crippen LogP contribution is -2.19. The molecule has 0 saturated carbocycles. The van der Waals surface area contributed by atoms with Crippen LogP contribution in [-0.4, -0.2) is 36.0 Å². The minimum Gasteiger partial charge on any atom is -0.384 e. The maximum Gasteiger partial charge on any atom is 0.226 e. The first-order valence-corrected chi connectivity index (χ1v) is 10.1. The molecule has 2 heterocycles. The Morgan fingerprint density at radius 3 is 3.00 bits per heavy atom. The third-order valence-corrected chi connectivity index (χ3v) is 5.22. The van der Waals surface area contributed by atoms with Crippen LogP contribution in [0.15, 0.2) is 42.5 Å². The van der Waals surface area contributed by atoms with Crippen molar-refractivity contribution in [2.24, 2.45) is 0 Å². The topological polar surface area (TPSA) is 89.2 Å². The van der Waals surface area contributed by atoms with E-state index in [0.29, 0.717) is 24.3 Å². The summed E-state index contributed by atoms with van der Waals surface area (Å²) >= 11 is 0. The zero-order valence-electron chi connectivity index (χ0n) is 16.9. The van der Waals surface area contributed by atoms with E-state index in [1.165, 1.54) is 0 Å². The van der Waals surface area contributed by atoms with Crippen molar-refractivity contribution in [3.63, 3.8) is 0 Å². The Kier molecular flexibility index (Phi) is 6.07. The van der Waals surface area contributed by atoms with Gasteiger partial charge in [0.15, 0.2) is 6.23 Å². The first-order valence-electron chi connectivity index (χ1n) is 10.1. The smallest absolute Gasteiger partial charge is 0.226 e. The van der Waals surface area contributed by atoms with Gasteiger partial charge in [-0.2, -0.15) is 10.4 Å². The summed E-state index contributed by atoms with van der Waals surface area (Å²) in [5, 5.41) is 18.0. The van der Waals surface area contributed by atoms with E-state index in [1.807, 2.05) is 41.1 Å². The molecule has 4 rings (SSSR count). The van der Waals surface area contributed by atoms with Gasteiger partial charge in [0, 0.05) is 30.4 Å². The number of fused-ring (bicyclic) bond motifs is 1. The number of methoxy groups -OCH3 is 1. The molecule has 0 radical (unpaired) electrons. The summed E-state index contributed by atoms with van der Waals surface area (Å²) in [7, 11) is 1.57. The highest BCUT2D eigenvalue weighted by atomic mass is 16.5. The van der Waals surface area contributed by atoms with Gasteiger partial charge in [-0.05, 0) is 49.6 Å². The monoisotopic (exact) mass is 404 g/mol. The van der Waals surface area contributed by atoms with Crippen molar-refractivity contribution in [1.82, 2.24) is 9.78 Å². The summed E-state index contributed by atoms with van der Waals surface area (Å²) in [5.74, 6) is -0.105. The maximum absolute atomic E-state index is 12.1. The number of carbonyl (C=O) groups excluding carboxylic acids is 1. The van der Waals surface area contributed by atoms with Gasteiger partial charge in [-0.1, -0.05) is 12.1 Å². The summed E-state index contributed by atoms with van der Waals surface area (Å²) in [4.78, 5) is 12.1. The lowest BCUT2D eigenvalue weighted by molar-refractivity contribution is -0.117. The first kappa shape index (κ1) is 20.1. The van der Waals surface area contributed by atoms with Gasteiger partial charge in [0.1, 0.15) is 5.69 Å². The van der Waals surface area contributed by atoms with E-state index in [2.05, 4.69) is 11.4 Å². The average Bonchev–Trinajstić information content (AvgIpc) is 3.17. The van der Waals surface area contributed by atoms with Crippen LogP contribution >= 0.6 is 0 Å². The number of aromatic nitrogens is 2. The van der Waals surface area contributed by atoms with Crippen molar-refractivity contribution in [1.29, 1.82) is 5.26 Å². The fourth-order valence-electron chi connectivity index (χ4n) is 3.72. The Morgan fingerprint density at radius 1 is 1.33 bits per heavy atom. The molecule has 30 heavy (non-hydrogen) atoms. The number of nitrogens with zero attached hydrogens (tertiary/aromatic N) is 3. The maximum atomic E-state index is 12.1. The molecule has 154 valence electrons. The number of carbonyl (C=O) groups is 1. The molecule has 1 aliphatic rings. The molecule has 7 nitrogen and oxygen atoms in total. The zero-order valence-corrected chi connectivity index (χ0v) is 16.9. The summed E-state index contributed by atoms with van der Waals surface area (Å²) in [6.45, 7) is 1.10. The Hall–Kier alpha value is -3.21. The molecule has 1 amide bonds. The number of nitriles is 1. The Balaban J connectivity index is 1.74. The zero-order chi connectivity index (χ0) is 20.9. The minimum absolute atomic E-state index is 0.105. The molecule has 2 aromatic carbocycles. The van der Waals surface area contributed by atoms with Crippen LogP contribution in [0.2, 0.25) is 0 Å². The number of amides is 1. The van der Waals surface area contributed by atoms with Gasteiger partial charge in [0.05, 0.1) is 30.2 Å². The predicted octanol–water partition coefficient (Wildman–Crippen LogP) is 4.25. The lowest BCUT2D eigenvalue weighted by atomic mass is 10.1. The van der Waals surface area contributed by atoms with E-state index < -0.39 is 0 Å². The SMILES string of the molecule is COCCC(=O)Nc1cccc(-c2nn(C3CCCCO3)c3ccc(C#N)cc23)c1. The van der Waals surface area contributed by atoms with Crippen LogP contribution in [0.25, 0.3) is 22.2 Å². The van der Waals surface area contributed by atoms with Gasteiger partial charge in [0.25, 0.3) is 0 Å². The normalized spacial score (nSPS) is 16.3. The van der Waals surface area contributed by atoms with Crippen LogP contribution in [0, 0.1) is 11.3 Å². The number of nitrogens with one attached hydrogen (secondary N) is 1. The number of hydrogen-bond acceptors (Lipinski definition) is 5. The van der Waals surface area contributed by atoms with Gasteiger partial charge in [0.2, 0.25) is 5.91 Å². The molecule has 0 bridgehead atoms. The number of ether oxygens (including phenoxy) is 2. The van der Waals surface area contributed by atoms with E-state index in [1.54, 1.807) is 13.2 Å². The molecule has 1 N–H and O–H groups in total. The number of anilines is 1. The fraction of sp³-hybridized carbons (Fsp3) is 0.348. The number of hydrogen-bond donors (Lipinski definition) is 1. The van der Waals surface area contributed by atoms with Gasteiger partial charge in [-0.25, -0.2) is 4.68 Å². The largest absolute Gasteiger partial charge is 0.384 e. The molecule has 1 aliphatic heterocycles. The van der Waals surface area contributed by atoms with Crippen molar-refractivity contribution < 1.29 is 14.3 Å². The summed E-state index contributed by atoms with van der Waals surface area (Å²) in [6.07, 6.45) is 3.25. The Bertz CT molecular complexity index is 1090. The highest BCUT2D eigenvalue weighted by molar-refractivity contribution is 5.96. The van der Waals surface area contributed by atoms with E-state index >= 15 is 0 Å². The van der Waals surface area contributed by atoms with Gasteiger partial charge in [-0.15, -0.1) is 0 Å². The van der Waals surface area contributed by atoms with Crippen LogP contribution in [0.4, 0.5) is 5.69 Å². The standard InChI is InChI=1S/C23H24N4O3/c1-29-12-10-21(28)25-18-6-4-5-17(14-18)23-19-13-16(15-24)8-9-20(19)27(26-23)22-7-2-3-11-30-22/h4-6,8-9,13-14,22H,2-3,7,10-12H2,1H3,(H,25,28). The van der Waals surface area contributed by atoms with Crippen LogP contribution in [-0.2, 0) is 14.3 Å². The molecule has 1 fully saturated rings. The Labute approximate surface area is 175 Å². The van der Waals surface area contributed by atoms with Crippen LogP contribution in [0.3, 0.4) is 0 Å². The molecule has 0 aliphatic carbocycles. The fourth-order valence-corrected chi connectivity index (χ4v) is 3.72. The van der Waals surface area contributed by atoms with Gasteiger partial charge < -0.3 is 14.8 Å². The van der Waals surface area contributed by atoms with Crippen LogP contribution in [0.5, 0.6) is 0 Å². The minimum atomic E-state index is -0.111. The second-order valence-electron chi connectivity index (χ2n) is 7.33. The number of benzene rings is 2. The summed E-state index contributed by atoms with van der Waals surface area (Å²) in [5.41, 5.74) is 3.85. The molecule has 7 heteroatoms. The second-order valence-corrected chi connectivity index (χ2v) is 7.33. The first-order chi connectivity index (χ1) is 14.7. The quantitative estimate of drug-likeness (QED) is 0.663. The predicted molar refractivity (Wildman–Crippen MR) is 114 cm³/mol. The van der Waals surface area contributed by atoms with E-state index in [9.17, 15) is 10.1 Å².